The van der Waals surface area contributed by atoms with Crippen LogP contribution in [-0.4, -0.2) is 21.2 Å². The van der Waals surface area contributed by atoms with Crippen LogP contribution in [0.2, 0.25) is 0 Å². The normalized spacial score (nSPS) is 11.9. The Morgan fingerprint density at radius 1 is 1.12 bits per heavy atom. The molecule has 0 saturated heterocycles. The molecule has 2 aromatic carbocycles. The summed E-state index contributed by atoms with van der Waals surface area (Å²) in [5.41, 5.74) is 2.89. The molecule has 0 saturated carbocycles. The van der Waals surface area contributed by atoms with Crippen molar-refractivity contribution in [3.8, 4) is 0 Å². The van der Waals surface area contributed by atoms with Crippen molar-refractivity contribution in [3.05, 3.63) is 76.3 Å². The molecule has 1 atom stereocenters. The molecule has 0 radical (unpaired) electrons. The average molecular weight is 339 g/mol. The first kappa shape index (κ1) is 16.3. The van der Waals surface area contributed by atoms with E-state index in [0.717, 1.165) is 10.6 Å². The van der Waals surface area contributed by atoms with Crippen LogP contribution >= 0.6 is 11.3 Å². The minimum atomic E-state index is -1.23. The number of carbonyl (C=O) groups is 1. The molecule has 3 aromatic rings. The van der Waals surface area contributed by atoms with Crippen molar-refractivity contribution in [2.75, 3.05) is 5.32 Å². The molecule has 0 aliphatic heterocycles. The van der Waals surface area contributed by atoms with Gasteiger partial charge in [0.05, 0.1) is 0 Å². The molecule has 24 heavy (non-hydrogen) atoms. The SMILES string of the molecule is Cc1ccc(Cc2nnc(NC(=O)C(O)c3ccccc3)s2)cc1. The van der Waals surface area contributed by atoms with Gasteiger partial charge in [0.25, 0.3) is 5.91 Å². The van der Waals surface area contributed by atoms with Crippen LogP contribution in [0.5, 0.6) is 0 Å². The number of aliphatic hydroxyl groups excluding tert-OH is 1. The largest absolute Gasteiger partial charge is 0.378 e. The number of aliphatic hydroxyl groups is 1. The van der Waals surface area contributed by atoms with Gasteiger partial charge in [0, 0.05) is 6.42 Å². The van der Waals surface area contributed by atoms with Gasteiger partial charge in [-0.3, -0.25) is 10.1 Å². The molecule has 1 aromatic heterocycles. The third kappa shape index (κ3) is 4.04. The number of nitrogens with one attached hydrogen (secondary N) is 1. The highest BCUT2D eigenvalue weighted by molar-refractivity contribution is 7.15. The van der Waals surface area contributed by atoms with Gasteiger partial charge < -0.3 is 5.11 Å². The number of nitrogens with zero attached hydrogens (tertiary/aromatic N) is 2. The zero-order valence-electron chi connectivity index (χ0n) is 13.1. The van der Waals surface area contributed by atoms with Gasteiger partial charge in [-0.25, -0.2) is 0 Å². The van der Waals surface area contributed by atoms with Crippen LogP contribution in [0.25, 0.3) is 0 Å². The second-order valence-electron chi connectivity index (χ2n) is 5.47. The highest BCUT2D eigenvalue weighted by Crippen LogP contribution is 2.21. The van der Waals surface area contributed by atoms with E-state index < -0.39 is 12.0 Å². The molecular formula is C18H17N3O2S. The van der Waals surface area contributed by atoms with Gasteiger partial charge in [-0.15, -0.1) is 10.2 Å². The van der Waals surface area contributed by atoms with Crippen molar-refractivity contribution < 1.29 is 9.90 Å². The van der Waals surface area contributed by atoms with Crippen LogP contribution in [0.4, 0.5) is 5.13 Å². The van der Waals surface area contributed by atoms with Gasteiger partial charge in [-0.1, -0.05) is 71.5 Å². The second kappa shape index (κ2) is 7.33. The average Bonchev–Trinajstić information content (AvgIpc) is 3.04. The zero-order valence-corrected chi connectivity index (χ0v) is 14.0. The summed E-state index contributed by atoms with van der Waals surface area (Å²) < 4.78 is 0. The minimum absolute atomic E-state index is 0.386. The standard InChI is InChI=1S/C18H17N3O2S/c1-12-7-9-13(10-8-12)11-15-20-21-18(24-15)19-17(23)16(22)14-5-3-2-4-6-14/h2-10,16,22H,11H2,1H3,(H,19,21,23). The summed E-state index contributed by atoms with van der Waals surface area (Å²) in [4.78, 5) is 12.1. The molecular weight excluding hydrogens is 322 g/mol. The van der Waals surface area contributed by atoms with Crippen molar-refractivity contribution in [2.24, 2.45) is 0 Å². The number of benzene rings is 2. The second-order valence-corrected chi connectivity index (χ2v) is 6.53. The summed E-state index contributed by atoms with van der Waals surface area (Å²) in [5.74, 6) is -0.515. The van der Waals surface area contributed by atoms with Crippen LogP contribution in [0.1, 0.15) is 27.8 Å². The van der Waals surface area contributed by atoms with E-state index in [9.17, 15) is 9.90 Å². The maximum absolute atomic E-state index is 12.1. The Hall–Kier alpha value is -2.57. The fourth-order valence-corrected chi connectivity index (χ4v) is 2.99. The van der Waals surface area contributed by atoms with Crippen LogP contribution < -0.4 is 5.32 Å². The van der Waals surface area contributed by atoms with Gasteiger partial charge in [0.2, 0.25) is 5.13 Å². The maximum atomic E-state index is 12.1. The van der Waals surface area contributed by atoms with Gasteiger partial charge in [0.1, 0.15) is 5.01 Å². The number of hydrogen-bond donors (Lipinski definition) is 2. The van der Waals surface area contributed by atoms with E-state index >= 15 is 0 Å². The molecule has 2 N–H and O–H groups in total. The fourth-order valence-electron chi connectivity index (χ4n) is 2.22. The van der Waals surface area contributed by atoms with E-state index in [1.807, 2.05) is 25.1 Å². The summed E-state index contributed by atoms with van der Waals surface area (Å²) in [6.07, 6.45) is -0.564. The first-order valence-corrected chi connectivity index (χ1v) is 8.35. The van der Waals surface area contributed by atoms with E-state index in [1.165, 1.54) is 16.9 Å². The number of amides is 1. The lowest BCUT2D eigenvalue weighted by molar-refractivity contribution is -0.124. The number of aryl methyl sites for hydroxylation is 1. The molecule has 6 heteroatoms. The molecule has 0 aliphatic rings. The van der Waals surface area contributed by atoms with Gasteiger partial charge in [-0.2, -0.15) is 0 Å². The first-order chi connectivity index (χ1) is 11.6. The van der Waals surface area contributed by atoms with Gasteiger partial charge >= 0.3 is 0 Å². The Balaban J connectivity index is 1.63. The van der Waals surface area contributed by atoms with Crippen molar-refractivity contribution in [1.29, 1.82) is 0 Å². The molecule has 1 heterocycles. The topological polar surface area (TPSA) is 75.1 Å². The lowest BCUT2D eigenvalue weighted by atomic mass is 10.1. The van der Waals surface area contributed by atoms with E-state index in [-0.39, 0.29) is 0 Å². The van der Waals surface area contributed by atoms with E-state index in [1.54, 1.807) is 24.3 Å². The predicted molar refractivity (Wildman–Crippen MR) is 93.9 cm³/mol. The Labute approximate surface area is 144 Å². The Morgan fingerprint density at radius 2 is 1.83 bits per heavy atom. The minimum Gasteiger partial charge on any atom is -0.378 e. The number of anilines is 1. The van der Waals surface area contributed by atoms with E-state index in [4.69, 9.17) is 0 Å². The summed E-state index contributed by atoms with van der Waals surface area (Å²) >= 11 is 1.31. The third-order valence-corrected chi connectivity index (χ3v) is 4.38. The Kier molecular flexibility index (Phi) is 4.98. The highest BCUT2D eigenvalue weighted by Gasteiger charge is 2.18. The lowest BCUT2D eigenvalue weighted by Gasteiger charge is -2.09. The summed E-state index contributed by atoms with van der Waals surface area (Å²) in [7, 11) is 0. The van der Waals surface area contributed by atoms with Crippen LogP contribution in [0.3, 0.4) is 0 Å². The summed E-state index contributed by atoms with van der Waals surface area (Å²) in [5, 5.41) is 21.9. The van der Waals surface area contributed by atoms with Crippen LogP contribution in [0.15, 0.2) is 54.6 Å². The molecule has 0 fully saturated rings. The third-order valence-electron chi connectivity index (χ3n) is 3.54. The lowest BCUT2D eigenvalue weighted by Crippen LogP contribution is -2.20. The Morgan fingerprint density at radius 3 is 2.54 bits per heavy atom. The highest BCUT2D eigenvalue weighted by atomic mass is 32.1. The molecule has 0 spiro atoms. The first-order valence-electron chi connectivity index (χ1n) is 7.53. The van der Waals surface area contributed by atoms with Gasteiger partial charge in [-0.05, 0) is 18.1 Å². The predicted octanol–water partition coefficient (Wildman–Crippen LogP) is 3.11. The molecule has 5 nitrogen and oxygen atoms in total. The van der Waals surface area contributed by atoms with Crippen molar-refractivity contribution in [1.82, 2.24) is 10.2 Å². The van der Waals surface area contributed by atoms with E-state index in [0.29, 0.717) is 17.1 Å². The summed E-state index contributed by atoms with van der Waals surface area (Å²) in [6, 6.07) is 17.0. The van der Waals surface area contributed by atoms with E-state index in [2.05, 4.69) is 27.6 Å². The molecule has 3 rings (SSSR count). The van der Waals surface area contributed by atoms with Crippen molar-refractivity contribution in [3.63, 3.8) is 0 Å². The Bertz CT molecular complexity index is 816. The fraction of sp³-hybridized carbons (Fsp3) is 0.167. The van der Waals surface area contributed by atoms with Crippen LogP contribution in [0, 0.1) is 6.92 Å². The smallest absolute Gasteiger partial charge is 0.259 e. The number of rotatable bonds is 5. The van der Waals surface area contributed by atoms with Crippen LogP contribution in [-0.2, 0) is 11.2 Å². The molecule has 1 amide bonds. The molecule has 0 aliphatic carbocycles. The van der Waals surface area contributed by atoms with Gasteiger partial charge in [0.15, 0.2) is 6.10 Å². The molecule has 1 unspecified atom stereocenters. The monoisotopic (exact) mass is 339 g/mol. The quantitative estimate of drug-likeness (QED) is 0.749. The van der Waals surface area contributed by atoms with Crippen molar-refractivity contribution in [2.45, 2.75) is 19.4 Å². The molecule has 0 bridgehead atoms. The maximum Gasteiger partial charge on any atom is 0.259 e. The molecule has 122 valence electrons. The van der Waals surface area contributed by atoms with Crippen molar-refractivity contribution >= 4 is 22.4 Å². The number of aromatic nitrogens is 2. The number of carbonyl (C=O) groups excluding carboxylic acids is 1. The zero-order chi connectivity index (χ0) is 16.9. The summed E-state index contributed by atoms with van der Waals surface area (Å²) in [6.45, 7) is 2.04. The number of hydrogen-bond acceptors (Lipinski definition) is 5.